The van der Waals surface area contributed by atoms with Gasteiger partial charge in [-0.2, -0.15) is 0 Å². The Morgan fingerprint density at radius 1 is 1.12 bits per heavy atom. The summed E-state index contributed by atoms with van der Waals surface area (Å²) in [5.41, 5.74) is 2.01. The molecule has 1 amide bonds. The van der Waals surface area contributed by atoms with Crippen LogP contribution in [0.5, 0.6) is 0 Å². The number of nitrogens with zero attached hydrogens (tertiary/aromatic N) is 5. The van der Waals surface area contributed by atoms with Crippen LogP contribution in [0.4, 0.5) is 11.4 Å². The maximum atomic E-state index is 13.3. The van der Waals surface area contributed by atoms with Crippen LogP contribution in [0.25, 0.3) is 10.8 Å². The third-order valence-corrected chi connectivity index (χ3v) is 5.55. The second-order valence-electron chi connectivity index (χ2n) is 6.33. The summed E-state index contributed by atoms with van der Waals surface area (Å²) in [5, 5.41) is 0.654. The number of carbonyl (C=O) groups excluding carboxylic acids is 1. The molecule has 0 N–H and O–H groups in total. The van der Waals surface area contributed by atoms with Crippen LogP contribution in [0.2, 0.25) is 0 Å². The topological polar surface area (TPSA) is 62.2 Å². The molecular weight excluding hydrogens is 346 g/mol. The van der Waals surface area contributed by atoms with Crippen molar-refractivity contribution in [2.45, 2.75) is 19.4 Å². The van der Waals surface area contributed by atoms with Gasteiger partial charge in [0.1, 0.15) is 4.88 Å². The fourth-order valence-electron chi connectivity index (χ4n) is 3.17. The lowest BCUT2D eigenvalue weighted by Crippen LogP contribution is -2.38. The second-order valence-corrected chi connectivity index (χ2v) is 7.36. The average molecular weight is 365 g/mol. The monoisotopic (exact) mass is 365 g/mol. The summed E-state index contributed by atoms with van der Waals surface area (Å²) in [5.74, 6) is 0.514. The zero-order valence-corrected chi connectivity index (χ0v) is 15.5. The first-order valence-corrected chi connectivity index (χ1v) is 9.34. The summed E-state index contributed by atoms with van der Waals surface area (Å²) >= 11 is 1.33. The van der Waals surface area contributed by atoms with E-state index in [9.17, 15) is 4.79 Å². The Bertz CT molecular complexity index is 926. The Hall–Kier alpha value is -2.80. The Labute approximate surface area is 156 Å². The molecule has 132 valence electrons. The molecule has 4 rings (SSSR count). The normalized spacial score (nSPS) is 16.9. The molecule has 1 aliphatic rings. The number of anilines is 2. The molecule has 1 atom stereocenters. The van der Waals surface area contributed by atoms with Gasteiger partial charge in [-0.3, -0.25) is 4.79 Å². The third kappa shape index (κ3) is 2.94. The largest absolute Gasteiger partial charge is 0.373 e. The lowest BCUT2D eigenvalue weighted by molar-refractivity contribution is 0.0982. The molecule has 0 spiro atoms. The molecule has 1 aliphatic heterocycles. The molecule has 1 aromatic carbocycles. The van der Waals surface area contributed by atoms with Gasteiger partial charge in [-0.1, -0.05) is 12.1 Å². The van der Waals surface area contributed by atoms with Gasteiger partial charge >= 0.3 is 0 Å². The summed E-state index contributed by atoms with van der Waals surface area (Å²) in [6, 6.07) is 9.91. The smallest absolute Gasteiger partial charge is 0.270 e. The minimum absolute atomic E-state index is 0.0278. The summed E-state index contributed by atoms with van der Waals surface area (Å²) in [6.45, 7) is 3.00. The average Bonchev–Trinajstić information content (AvgIpc) is 3.13. The SMILES string of the molecule is C[C@H]1CCN(C)c2ccccc2N1C(=O)c1cnc(-c2ncccn2)s1. The van der Waals surface area contributed by atoms with Crippen molar-refractivity contribution in [1.29, 1.82) is 0 Å². The summed E-state index contributed by atoms with van der Waals surface area (Å²) < 4.78 is 0. The highest BCUT2D eigenvalue weighted by molar-refractivity contribution is 7.17. The van der Waals surface area contributed by atoms with E-state index < -0.39 is 0 Å². The molecule has 3 aromatic rings. The third-order valence-electron chi connectivity index (χ3n) is 4.57. The maximum absolute atomic E-state index is 13.3. The first kappa shape index (κ1) is 16.7. The van der Waals surface area contributed by atoms with E-state index in [-0.39, 0.29) is 11.9 Å². The number of amides is 1. The number of fused-ring (bicyclic) bond motifs is 1. The fourth-order valence-corrected chi connectivity index (χ4v) is 3.97. The van der Waals surface area contributed by atoms with Crippen LogP contribution in [0, 0.1) is 0 Å². The van der Waals surface area contributed by atoms with E-state index in [1.807, 2.05) is 23.1 Å². The van der Waals surface area contributed by atoms with Crippen molar-refractivity contribution in [2.75, 3.05) is 23.4 Å². The van der Waals surface area contributed by atoms with Gasteiger partial charge in [0.2, 0.25) is 0 Å². The van der Waals surface area contributed by atoms with Crippen molar-refractivity contribution >= 4 is 28.6 Å². The molecule has 0 saturated heterocycles. The lowest BCUT2D eigenvalue weighted by atomic mass is 10.1. The van der Waals surface area contributed by atoms with Crippen molar-refractivity contribution in [3.8, 4) is 10.8 Å². The quantitative estimate of drug-likeness (QED) is 0.696. The number of carbonyl (C=O) groups is 1. The van der Waals surface area contributed by atoms with Crippen molar-refractivity contribution in [3.05, 3.63) is 53.8 Å². The summed E-state index contributed by atoms with van der Waals surface area (Å²) in [4.78, 5) is 30.8. The van der Waals surface area contributed by atoms with E-state index >= 15 is 0 Å². The molecule has 0 unspecified atom stereocenters. The van der Waals surface area contributed by atoms with Gasteiger partial charge in [0.15, 0.2) is 10.8 Å². The highest BCUT2D eigenvalue weighted by atomic mass is 32.1. The van der Waals surface area contributed by atoms with E-state index in [4.69, 9.17) is 0 Å². The number of benzene rings is 1. The van der Waals surface area contributed by atoms with E-state index in [1.165, 1.54) is 11.3 Å². The minimum atomic E-state index is -0.0278. The molecule has 26 heavy (non-hydrogen) atoms. The number of hydrogen-bond donors (Lipinski definition) is 0. The Morgan fingerprint density at radius 2 is 1.85 bits per heavy atom. The van der Waals surface area contributed by atoms with Crippen LogP contribution in [0.1, 0.15) is 23.0 Å². The highest BCUT2D eigenvalue weighted by Gasteiger charge is 2.30. The Kier molecular flexibility index (Phi) is 4.38. The summed E-state index contributed by atoms with van der Waals surface area (Å²) in [7, 11) is 2.07. The van der Waals surface area contributed by atoms with E-state index in [1.54, 1.807) is 24.7 Å². The van der Waals surface area contributed by atoms with E-state index in [0.29, 0.717) is 15.7 Å². The van der Waals surface area contributed by atoms with Crippen LogP contribution in [-0.4, -0.2) is 40.5 Å². The van der Waals surface area contributed by atoms with Crippen LogP contribution in [0.15, 0.2) is 48.9 Å². The standard InChI is InChI=1S/C19H19N5OS/c1-13-8-11-23(2)14-6-3-4-7-15(14)24(13)19(25)16-12-22-18(26-16)17-20-9-5-10-21-17/h3-7,9-10,12-13H,8,11H2,1-2H3/t13-/m0/s1. The molecule has 0 saturated carbocycles. The molecule has 0 radical (unpaired) electrons. The first-order chi connectivity index (χ1) is 12.6. The zero-order chi connectivity index (χ0) is 18.1. The van der Waals surface area contributed by atoms with Crippen molar-refractivity contribution in [1.82, 2.24) is 15.0 Å². The highest BCUT2D eigenvalue weighted by Crippen LogP contribution is 2.35. The predicted molar refractivity (Wildman–Crippen MR) is 104 cm³/mol. The van der Waals surface area contributed by atoms with Crippen LogP contribution >= 0.6 is 11.3 Å². The van der Waals surface area contributed by atoms with Crippen LogP contribution in [0.3, 0.4) is 0 Å². The fraction of sp³-hybridized carbons (Fsp3) is 0.263. The molecule has 6 nitrogen and oxygen atoms in total. The zero-order valence-electron chi connectivity index (χ0n) is 14.7. The number of para-hydroxylation sites is 2. The van der Waals surface area contributed by atoms with Gasteiger partial charge in [-0.15, -0.1) is 11.3 Å². The van der Waals surface area contributed by atoms with Gasteiger partial charge < -0.3 is 9.80 Å². The first-order valence-electron chi connectivity index (χ1n) is 8.52. The van der Waals surface area contributed by atoms with Gasteiger partial charge in [0, 0.05) is 32.0 Å². The molecule has 0 aliphatic carbocycles. The number of thiazole rings is 1. The maximum Gasteiger partial charge on any atom is 0.270 e. The van der Waals surface area contributed by atoms with Crippen LogP contribution < -0.4 is 9.80 Å². The minimum Gasteiger partial charge on any atom is -0.373 e. The molecule has 3 heterocycles. The molecular formula is C19H19N5OS. The van der Waals surface area contributed by atoms with E-state index in [2.05, 4.69) is 39.9 Å². The summed E-state index contributed by atoms with van der Waals surface area (Å²) in [6.07, 6.45) is 5.88. The van der Waals surface area contributed by atoms with Gasteiger partial charge in [0.05, 0.1) is 17.6 Å². The van der Waals surface area contributed by atoms with Gasteiger partial charge in [-0.25, -0.2) is 15.0 Å². The molecule has 2 aromatic heterocycles. The molecule has 0 bridgehead atoms. The number of rotatable bonds is 2. The van der Waals surface area contributed by atoms with Crippen LogP contribution in [-0.2, 0) is 0 Å². The van der Waals surface area contributed by atoms with Gasteiger partial charge in [-0.05, 0) is 31.5 Å². The predicted octanol–water partition coefficient (Wildman–Crippen LogP) is 3.48. The van der Waals surface area contributed by atoms with Crippen molar-refractivity contribution in [2.24, 2.45) is 0 Å². The molecule has 7 heteroatoms. The van der Waals surface area contributed by atoms with Crippen molar-refractivity contribution in [3.63, 3.8) is 0 Å². The second kappa shape index (κ2) is 6.84. The van der Waals surface area contributed by atoms with Gasteiger partial charge in [0.25, 0.3) is 5.91 Å². The van der Waals surface area contributed by atoms with Crippen molar-refractivity contribution < 1.29 is 4.79 Å². The lowest BCUT2D eigenvalue weighted by Gasteiger charge is -2.28. The number of aromatic nitrogens is 3. The van der Waals surface area contributed by atoms with E-state index in [0.717, 1.165) is 24.3 Å². The number of hydrogen-bond acceptors (Lipinski definition) is 6. The molecule has 0 fully saturated rings. The Balaban J connectivity index is 1.71. The Morgan fingerprint density at radius 3 is 2.62 bits per heavy atom.